The summed E-state index contributed by atoms with van der Waals surface area (Å²) in [4.78, 5) is 23.8. The van der Waals surface area contributed by atoms with Crippen LogP contribution in [0.2, 0.25) is 0 Å². The SMILES string of the molecule is C1=Nc2c(n(-c3ccc(-c4cc(-c5ccncc5)nc(-c5ccc6ccccc6n5)c4)cn3)c3ccccc23)CC1. The first kappa shape index (κ1) is 23.4. The van der Waals surface area contributed by atoms with E-state index in [2.05, 4.69) is 70.2 Å². The summed E-state index contributed by atoms with van der Waals surface area (Å²) in [6.45, 7) is 0. The number of nitrogens with zero attached hydrogens (tertiary/aromatic N) is 6. The largest absolute Gasteiger partial charge is 0.296 e. The summed E-state index contributed by atoms with van der Waals surface area (Å²) in [5, 5.41) is 2.26. The number of fused-ring (bicyclic) bond motifs is 4. The van der Waals surface area contributed by atoms with Gasteiger partial charge in [0.1, 0.15) is 5.82 Å². The molecule has 0 atom stereocenters. The molecule has 8 rings (SSSR count). The average molecular weight is 529 g/mol. The van der Waals surface area contributed by atoms with E-state index < -0.39 is 0 Å². The fraction of sp³-hybridized carbons (Fsp3) is 0.0571. The van der Waals surface area contributed by atoms with Crippen molar-refractivity contribution in [1.82, 2.24) is 24.5 Å². The van der Waals surface area contributed by atoms with E-state index in [9.17, 15) is 0 Å². The standard InChI is InChI=1S/C35H24N6/c1-3-8-28-23(6-1)11-13-29(39-28)31-21-26(20-30(40-31)24-15-18-36-19-16-24)25-12-14-34(38-22-25)41-32-9-4-2-7-27(32)35-33(41)10-5-17-37-35/h1-4,6-9,11-22H,5,10H2. The summed E-state index contributed by atoms with van der Waals surface area (Å²) in [7, 11) is 0. The van der Waals surface area contributed by atoms with Gasteiger partial charge in [-0.1, -0.05) is 42.5 Å². The molecule has 0 spiro atoms. The van der Waals surface area contributed by atoms with E-state index in [1.807, 2.05) is 48.8 Å². The molecular formula is C35H24N6. The average Bonchev–Trinajstić information content (AvgIpc) is 3.39. The summed E-state index contributed by atoms with van der Waals surface area (Å²) in [6, 6.07) is 33.1. The van der Waals surface area contributed by atoms with Gasteiger partial charge in [0.15, 0.2) is 0 Å². The molecule has 2 aromatic carbocycles. The number of pyridine rings is 4. The fourth-order valence-electron chi connectivity index (χ4n) is 5.67. The van der Waals surface area contributed by atoms with Crippen LogP contribution in [0.4, 0.5) is 5.69 Å². The van der Waals surface area contributed by atoms with Crippen LogP contribution in [0.15, 0.2) is 121 Å². The van der Waals surface area contributed by atoms with Gasteiger partial charge in [-0.25, -0.2) is 15.0 Å². The van der Waals surface area contributed by atoms with Gasteiger partial charge in [-0.05, 0) is 73.0 Å². The van der Waals surface area contributed by atoms with Crippen molar-refractivity contribution < 1.29 is 0 Å². The molecule has 0 unspecified atom stereocenters. The summed E-state index contributed by atoms with van der Waals surface area (Å²) < 4.78 is 2.25. The summed E-state index contributed by atoms with van der Waals surface area (Å²) in [6.07, 6.45) is 9.42. The van der Waals surface area contributed by atoms with E-state index in [0.29, 0.717) is 0 Å². The van der Waals surface area contributed by atoms with Gasteiger partial charge in [0.25, 0.3) is 0 Å². The third-order valence-electron chi connectivity index (χ3n) is 7.65. The topological polar surface area (TPSA) is 68.8 Å². The Morgan fingerprint density at radius 2 is 1.51 bits per heavy atom. The van der Waals surface area contributed by atoms with Gasteiger partial charge in [-0.15, -0.1) is 0 Å². The maximum Gasteiger partial charge on any atom is 0.137 e. The molecule has 0 radical (unpaired) electrons. The Morgan fingerprint density at radius 3 is 2.41 bits per heavy atom. The van der Waals surface area contributed by atoms with Crippen LogP contribution >= 0.6 is 0 Å². The Morgan fingerprint density at radius 1 is 0.659 bits per heavy atom. The molecule has 0 N–H and O–H groups in total. The minimum absolute atomic E-state index is 0.812. The molecule has 6 heteroatoms. The third kappa shape index (κ3) is 4.08. The highest BCUT2D eigenvalue weighted by molar-refractivity contribution is 5.97. The lowest BCUT2D eigenvalue weighted by molar-refractivity contribution is 0.892. The minimum atomic E-state index is 0.812. The van der Waals surface area contributed by atoms with Gasteiger partial charge in [0.05, 0.1) is 39.5 Å². The molecule has 0 saturated heterocycles. The lowest BCUT2D eigenvalue weighted by Crippen LogP contribution is -2.04. The van der Waals surface area contributed by atoms with E-state index in [4.69, 9.17) is 19.9 Å². The van der Waals surface area contributed by atoms with E-state index in [-0.39, 0.29) is 0 Å². The predicted molar refractivity (Wildman–Crippen MR) is 165 cm³/mol. The molecule has 0 bridgehead atoms. The third-order valence-corrected chi connectivity index (χ3v) is 7.65. The molecule has 1 aliphatic rings. The number of rotatable bonds is 4. The highest BCUT2D eigenvalue weighted by Crippen LogP contribution is 2.38. The first-order valence-corrected chi connectivity index (χ1v) is 13.7. The quantitative estimate of drug-likeness (QED) is 0.232. The molecule has 41 heavy (non-hydrogen) atoms. The second kappa shape index (κ2) is 9.61. The number of benzene rings is 2. The Labute approximate surface area is 236 Å². The van der Waals surface area contributed by atoms with Gasteiger partial charge < -0.3 is 0 Å². The lowest BCUT2D eigenvalue weighted by atomic mass is 10.0. The number of hydrogen-bond acceptors (Lipinski definition) is 5. The Kier molecular flexibility index (Phi) is 5.48. The minimum Gasteiger partial charge on any atom is -0.296 e. The Hall–Kier alpha value is -5.49. The molecule has 6 nitrogen and oxygen atoms in total. The van der Waals surface area contributed by atoms with E-state index in [1.165, 1.54) is 5.69 Å². The Bertz CT molecular complexity index is 2090. The van der Waals surface area contributed by atoms with Crippen molar-refractivity contribution in [2.45, 2.75) is 12.8 Å². The van der Waals surface area contributed by atoms with Crippen LogP contribution in [-0.4, -0.2) is 30.7 Å². The smallest absolute Gasteiger partial charge is 0.137 e. The molecule has 194 valence electrons. The maximum atomic E-state index is 5.02. The van der Waals surface area contributed by atoms with Crippen LogP contribution in [0.1, 0.15) is 12.1 Å². The Balaban J connectivity index is 1.25. The zero-order valence-corrected chi connectivity index (χ0v) is 22.1. The van der Waals surface area contributed by atoms with Crippen molar-refractivity contribution in [3.05, 3.63) is 121 Å². The first-order chi connectivity index (χ1) is 20.3. The molecule has 0 aliphatic carbocycles. The molecule has 7 aromatic rings. The summed E-state index contributed by atoms with van der Waals surface area (Å²) in [5.41, 5.74) is 9.89. The maximum absolute atomic E-state index is 5.02. The van der Waals surface area contributed by atoms with Crippen LogP contribution in [-0.2, 0) is 6.42 Å². The zero-order chi connectivity index (χ0) is 27.2. The van der Waals surface area contributed by atoms with E-state index in [0.717, 1.165) is 79.9 Å². The molecule has 1 aliphatic heterocycles. The number of hydrogen-bond donors (Lipinski definition) is 0. The van der Waals surface area contributed by atoms with Crippen LogP contribution in [0.25, 0.3) is 61.4 Å². The van der Waals surface area contributed by atoms with Crippen molar-refractivity contribution in [3.63, 3.8) is 0 Å². The molecule has 0 fully saturated rings. The fourth-order valence-corrected chi connectivity index (χ4v) is 5.67. The van der Waals surface area contributed by atoms with Crippen molar-refractivity contribution >= 4 is 33.7 Å². The number of aromatic nitrogens is 5. The van der Waals surface area contributed by atoms with Gasteiger partial charge >= 0.3 is 0 Å². The van der Waals surface area contributed by atoms with Crippen LogP contribution < -0.4 is 0 Å². The normalized spacial score (nSPS) is 12.6. The van der Waals surface area contributed by atoms with Crippen LogP contribution in [0, 0.1) is 0 Å². The van der Waals surface area contributed by atoms with Gasteiger partial charge in [0.2, 0.25) is 0 Å². The van der Waals surface area contributed by atoms with Crippen LogP contribution in [0.5, 0.6) is 0 Å². The van der Waals surface area contributed by atoms with Gasteiger partial charge in [-0.2, -0.15) is 0 Å². The summed E-state index contributed by atoms with van der Waals surface area (Å²) >= 11 is 0. The number of para-hydroxylation sites is 2. The predicted octanol–water partition coefficient (Wildman–Crippen LogP) is 8.01. The van der Waals surface area contributed by atoms with Gasteiger partial charge in [0, 0.05) is 46.7 Å². The number of aliphatic imine (C=N–C) groups is 1. The van der Waals surface area contributed by atoms with Crippen molar-refractivity contribution in [2.24, 2.45) is 4.99 Å². The van der Waals surface area contributed by atoms with Gasteiger partial charge in [-0.3, -0.25) is 14.5 Å². The second-order valence-corrected chi connectivity index (χ2v) is 10.2. The lowest BCUT2D eigenvalue weighted by Gasteiger charge is -2.13. The highest BCUT2D eigenvalue weighted by Gasteiger charge is 2.20. The molecule has 0 saturated carbocycles. The van der Waals surface area contributed by atoms with Crippen LogP contribution in [0.3, 0.4) is 0 Å². The van der Waals surface area contributed by atoms with E-state index in [1.54, 1.807) is 12.4 Å². The molecular weight excluding hydrogens is 504 g/mol. The molecule has 5 aromatic heterocycles. The second-order valence-electron chi connectivity index (χ2n) is 10.2. The van der Waals surface area contributed by atoms with Crippen molar-refractivity contribution in [1.29, 1.82) is 0 Å². The molecule has 0 amide bonds. The van der Waals surface area contributed by atoms with Crippen molar-refractivity contribution in [2.75, 3.05) is 0 Å². The zero-order valence-electron chi connectivity index (χ0n) is 22.1. The monoisotopic (exact) mass is 528 g/mol. The van der Waals surface area contributed by atoms with Crippen molar-refractivity contribution in [3.8, 4) is 39.6 Å². The summed E-state index contributed by atoms with van der Waals surface area (Å²) in [5.74, 6) is 0.892. The van der Waals surface area contributed by atoms with E-state index >= 15 is 0 Å². The highest BCUT2D eigenvalue weighted by atomic mass is 15.1. The molecule has 6 heterocycles. The first-order valence-electron chi connectivity index (χ1n) is 13.7.